The molecular weight excluding hydrogens is 485 g/mol. The molecule has 2 aromatic rings. The Morgan fingerprint density at radius 1 is 1.11 bits per heavy atom. The Hall–Kier alpha value is -2.92. The lowest BCUT2D eigenvalue weighted by Crippen LogP contribution is -2.39. The average Bonchev–Trinajstić information content (AvgIpc) is 3.48. The molecule has 2 unspecified atom stereocenters. The Kier molecular flexibility index (Phi) is 6.21. The predicted octanol–water partition coefficient (Wildman–Crippen LogP) is 3.68. The van der Waals surface area contributed by atoms with Crippen LogP contribution in [0, 0.1) is 5.92 Å². The number of halogens is 3. The highest BCUT2D eigenvalue weighted by atomic mass is 32.2. The van der Waals surface area contributed by atoms with Gasteiger partial charge in [-0.25, -0.2) is 8.42 Å². The van der Waals surface area contributed by atoms with Crippen molar-refractivity contribution in [3.05, 3.63) is 59.2 Å². The first kappa shape index (κ1) is 25.2. The molecule has 0 saturated heterocycles. The largest absolute Gasteiger partial charge is 0.421 e. The van der Waals surface area contributed by atoms with E-state index in [4.69, 9.17) is 0 Å². The van der Waals surface area contributed by atoms with Crippen molar-refractivity contribution in [1.29, 1.82) is 0 Å². The fourth-order valence-corrected chi connectivity index (χ4v) is 4.78. The zero-order valence-corrected chi connectivity index (χ0v) is 19.9. The minimum atomic E-state index is -4.88. The van der Waals surface area contributed by atoms with Crippen LogP contribution in [0.4, 0.5) is 18.9 Å². The van der Waals surface area contributed by atoms with Crippen LogP contribution in [-0.2, 0) is 31.6 Å². The molecule has 7 nitrogen and oxygen atoms in total. The van der Waals surface area contributed by atoms with Crippen LogP contribution < -0.4 is 5.32 Å². The van der Waals surface area contributed by atoms with Gasteiger partial charge in [0.1, 0.15) is 6.04 Å². The van der Waals surface area contributed by atoms with Crippen LogP contribution in [0.1, 0.15) is 48.9 Å². The summed E-state index contributed by atoms with van der Waals surface area (Å²) in [6, 6.07) is 7.98. The highest BCUT2D eigenvalue weighted by Gasteiger charge is 2.51. The lowest BCUT2D eigenvalue weighted by Gasteiger charge is -2.27. The SMILES string of the molecule is CC(O)(c1ccc(NC(=O)C2c3ccc(S(C)(=O)=O)cc3CN2C(=O)CC2CC2)cc1)C(F)(F)F. The van der Waals surface area contributed by atoms with E-state index in [0.717, 1.165) is 31.2 Å². The van der Waals surface area contributed by atoms with E-state index in [1.54, 1.807) is 0 Å². The summed E-state index contributed by atoms with van der Waals surface area (Å²) in [4.78, 5) is 27.7. The number of nitrogens with zero attached hydrogens (tertiary/aromatic N) is 1. The van der Waals surface area contributed by atoms with Gasteiger partial charge in [-0.3, -0.25) is 9.59 Å². The van der Waals surface area contributed by atoms with Crippen molar-refractivity contribution in [1.82, 2.24) is 4.90 Å². The second kappa shape index (κ2) is 8.63. The number of anilines is 1. The second-order valence-electron chi connectivity index (χ2n) is 9.34. The van der Waals surface area contributed by atoms with Crippen molar-refractivity contribution >= 4 is 27.3 Å². The molecule has 2 aromatic carbocycles. The van der Waals surface area contributed by atoms with Gasteiger partial charge in [-0.05, 0) is 66.6 Å². The van der Waals surface area contributed by atoms with E-state index in [9.17, 15) is 36.3 Å². The van der Waals surface area contributed by atoms with Crippen LogP contribution in [-0.4, -0.2) is 42.7 Å². The van der Waals surface area contributed by atoms with Crippen LogP contribution in [0.5, 0.6) is 0 Å². The molecule has 4 rings (SSSR count). The number of aliphatic hydroxyl groups is 1. The Bertz CT molecular complexity index is 1270. The highest BCUT2D eigenvalue weighted by molar-refractivity contribution is 7.90. The molecule has 188 valence electrons. The van der Waals surface area contributed by atoms with Gasteiger partial charge in [0.25, 0.3) is 5.91 Å². The molecule has 35 heavy (non-hydrogen) atoms. The molecule has 11 heteroatoms. The average molecular weight is 511 g/mol. The summed E-state index contributed by atoms with van der Waals surface area (Å²) in [6.07, 6.45) is -1.63. The van der Waals surface area contributed by atoms with Crippen molar-refractivity contribution < 1.29 is 36.3 Å². The first-order chi connectivity index (χ1) is 16.2. The molecule has 2 amide bonds. The van der Waals surface area contributed by atoms with Crippen molar-refractivity contribution in [3.8, 4) is 0 Å². The third-order valence-corrected chi connectivity index (χ3v) is 7.60. The van der Waals surface area contributed by atoms with Gasteiger partial charge >= 0.3 is 6.18 Å². The number of benzene rings is 2. The highest BCUT2D eigenvalue weighted by Crippen LogP contribution is 2.41. The van der Waals surface area contributed by atoms with Gasteiger partial charge in [-0.1, -0.05) is 18.2 Å². The Morgan fingerprint density at radius 3 is 2.29 bits per heavy atom. The number of alkyl halides is 3. The minimum absolute atomic E-state index is 0.0791. The van der Waals surface area contributed by atoms with E-state index in [2.05, 4.69) is 5.32 Å². The normalized spacial score (nSPS) is 19.7. The van der Waals surface area contributed by atoms with Gasteiger partial charge in [0.2, 0.25) is 5.91 Å². The zero-order chi connectivity index (χ0) is 25.8. The van der Waals surface area contributed by atoms with Gasteiger partial charge in [-0.15, -0.1) is 0 Å². The fraction of sp³-hybridized carbons (Fsp3) is 0.417. The summed E-state index contributed by atoms with van der Waals surface area (Å²) in [5.41, 5.74) is -2.20. The Labute approximate surface area is 200 Å². The quantitative estimate of drug-likeness (QED) is 0.617. The molecule has 0 radical (unpaired) electrons. The molecule has 2 N–H and O–H groups in total. The maximum absolute atomic E-state index is 13.3. The topological polar surface area (TPSA) is 104 Å². The number of carbonyl (C=O) groups excluding carboxylic acids is 2. The first-order valence-electron chi connectivity index (χ1n) is 11.0. The number of sulfone groups is 1. The van der Waals surface area contributed by atoms with Crippen molar-refractivity contribution in [2.24, 2.45) is 5.92 Å². The molecule has 0 aromatic heterocycles. The molecule has 1 aliphatic carbocycles. The summed E-state index contributed by atoms with van der Waals surface area (Å²) in [5.74, 6) is -0.521. The number of rotatable bonds is 6. The number of carbonyl (C=O) groups is 2. The standard InChI is InChI=1S/C24H25F3N2O5S/c1-23(32,24(25,26)27)16-5-7-17(8-6-16)28-22(31)21-19-10-9-18(35(2,33)34)12-15(19)13-29(21)20(30)11-14-3-4-14/h5-10,12,14,21,32H,3-4,11,13H2,1-2H3,(H,28,31). The van der Waals surface area contributed by atoms with Crippen molar-refractivity contribution in [2.75, 3.05) is 11.6 Å². The summed E-state index contributed by atoms with van der Waals surface area (Å²) in [6.45, 7) is 0.722. The number of fused-ring (bicyclic) bond motifs is 1. The van der Waals surface area contributed by atoms with Crippen molar-refractivity contribution in [3.63, 3.8) is 0 Å². The van der Waals surface area contributed by atoms with Gasteiger partial charge in [0.05, 0.1) is 4.90 Å². The van der Waals surface area contributed by atoms with Crippen LogP contribution >= 0.6 is 0 Å². The summed E-state index contributed by atoms with van der Waals surface area (Å²) >= 11 is 0. The number of amides is 2. The van der Waals surface area contributed by atoms with Crippen molar-refractivity contribution in [2.45, 2.75) is 55.4 Å². The second-order valence-corrected chi connectivity index (χ2v) is 11.4. The fourth-order valence-electron chi connectivity index (χ4n) is 4.11. The summed E-state index contributed by atoms with van der Waals surface area (Å²) in [5, 5.41) is 12.5. The van der Waals surface area contributed by atoms with Crippen LogP contribution in [0.25, 0.3) is 0 Å². The first-order valence-corrected chi connectivity index (χ1v) is 12.9. The number of hydrogen-bond donors (Lipinski definition) is 2. The van der Waals surface area contributed by atoms with Gasteiger partial charge < -0.3 is 15.3 Å². The van der Waals surface area contributed by atoms with Gasteiger partial charge in [0.15, 0.2) is 15.4 Å². The van der Waals surface area contributed by atoms with E-state index in [0.29, 0.717) is 18.1 Å². The Morgan fingerprint density at radius 2 is 1.74 bits per heavy atom. The van der Waals surface area contributed by atoms with E-state index >= 15 is 0 Å². The number of nitrogens with one attached hydrogen (secondary N) is 1. The molecule has 2 atom stereocenters. The maximum Gasteiger partial charge on any atom is 0.421 e. The summed E-state index contributed by atoms with van der Waals surface area (Å²) < 4.78 is 63.2. The third kappa shape index (κ3) is 5.06. The summed E-state index contributed by atoms with van der Waals surface area (Å²) in [7, 11) is -3.49. The Balaban J connectivity index is 1.60. The number of hydrogen-bond acceptors (Lipinski definition) is 5. The third-order valence-electron chi connectivity index (χ3n) is 6.48. The molecule has 0 bridgehead atoms. The smallest absolute Gasteiger partial charge is 0.376 e. The molecule has 2 aliphatic rings. The van der Waals surface area contributed by atoms with Gasteiger partial charge in [-0.2, -0.15) is 13.2 Å². The molecule has 1 fully saturated rings. The van der Waals surface area contributed by atoms with E-state index in [1.165, 1.54) is 35.2 Å². The monoisotopic (exact) mass is 510 g/mol. The molecule has 1 aliphatic heterocycles. The minimum Gasteiger partial charge on any atom is -0.376 e. The molecular formula is C24H25F3N2O5S. The molecule has 1 heterocycles. The van der Waals surface area contributed by atoms with E-state index < -0.39 is 33.6 Å². The maximum atomic E-state index is 13.3. The lowest BCUT2D eigenvalue weighted by atomic mass is 9.95. The van der Waals surface area contributed by atoms with Gasteiger partial charge in [0, 0.05) is 24.9 Å². The van der Waals surface area contributed by atoms with E-state index in [1.807, 2.05) is 0 Å². The van der Waals surface area contributed by atoms with Crippen LogP contribution in [0.3, 0.4) is 0 Å². The van der Waals surface area contributed by atoms with Crippen LogP contribution in [0.15, 0.2) is 47.4 Å². The lowest BCUT2D eigenvalue weighted by molar-refractivity contribution is -0.258. The predicted molar refractivity (Wildman–Crippen MR) is 121 cm³/mol. The molecule has 1 saturated carbocycles. The molecule has 0 spiro atoms. The van der Waals surface area contributed by atoms with Crippen LogP contribution in [0.2, 0.25) is 0 Å². The zero-order valence-electron chi connectivity index (χ0n) is 19.1. The van der Waals surface area contributed by atoms with E-state index in [-0.39, 0.29) is 40.9 Å².